The van der Waals surface area contributed by atoms with Crippen molar-refractivity contribution in [1.29, 1.82) is 0 Å². The van der Waals surface area contributed by atoms with Gasteiger partial charge in [-0.25, -0.2) is 4.79 Å². The molecule has 3 N–H and O–H groups in total. The summed E-state index contributed by atoms with van der Waals surface area (Å²) in [5, 5.41) is 0. The summed E-state index contributed by atoms with van der Waals surface area (Å²) in [6.07, 6.45) is 0. The lowest BCUT2D eigenvalue weighted by atomic mass is 10.2. The van der Waals surface area contributed by atoms with Crippen LogP contribution in [0.2, 0.25) is 0 Å². The van der Waals surface area contributed by atoms with Crippen LogP contribution in [-0.2, 0) is 4.74 Å². The van der Waals surface area contributed by atoms with Crippen molar-refractivity contribution in [2.45, 2.75) is 0 Å². The minimum Gasteiger partial charge on any atom is -0.465 e. The maximum atomic E-state index is 11.2. The smallest absolute Gasteiger partial charge is 0.340 e. The van der Waals surface area contributed by atoms with Crippen molar-refractivity contribution in [3.63, 3.8) is 0 Å². The molecule has 0 saturated heterocycles. The Labute approximate surface area is 89.6 Å². The minimum absolute atomic E-state index is 0.397. The Balaban J connectivity index is 3.15. The predicted molar refractivity (Wildman–Crippen MR) is 58.3 cm³/mol. The fourth-order valence-electron chi connectivity index (χ4n) is 0.921. The standard InChI is InChI=1S/C8H9IN2O2/c1-13-8(12)6-4-5(9)2-3-7(6)11-10/h2-4,11H,10H2,1H3. The van der Waals surface area contributed by atoms with Crippen molar-refractivity contribution < 1.29 is 9.53 Å². The molecule has 0 radical (unpaired) electrons. The molecule has 0 saturated carbocycles. The zero-order valence-corrected chi connectivity index (χ0v) is 9.16. The summed E-state index contributed by atoms with van der Waals surface area (Å²) in [6, 6.07) is 5.29. The quantitative estimate of drug-likeness (QED) is 0.374. The molecule has 0 aliphatic rings. The van der Waals surface area contributed by atoms with Crippen LogP contribution in [0.25, 0.3) is 0 Å². The number of benzene rings is 1. The maximum absolute atomic E-state index is 11.2. The summed E-state index contributed by atoms with van der Waals surface area (Å²) in [5.74, 6) is 4.84. The van der Waals surface area contributed by atoms with E-state index in [1.165, 1.54) is 7.11 Å². The van der Waals surface area contributed by atoms with Gasteiger partial charge in [-0.15, -0.1) is 0 Å². The molecule has 70 valence electrons. The van der Waals surface area contributed by atoms with Gasteiger partial charge in [0.15, 0.2) is 0 Å². The molecule has 0 aliphatic carbocycles. The highest BCUT2D eigenvalue weighted by Crippen LogP contribution is 2.18. The molecule has 1 rings (SSSR count). The summed E-state index contributed by atoms with van der Waals surface area (Å²) < 4.78 is 5.55. The Morgan fingerprint density at radius 1 is 1.62 bits per heavy atom. The number of carbonyl (C=O) groups excluding carboxylic acids is 1. The number of hydrogen-bond acceptors (Lipinski definition) is 4. The van der Waals surface area contributed by atoms with Crippen molar-refractivity contribution >= 4 is 34.2 Å². The molecule has 0 bridgehead atoms. The van der Waals surface area contributed by atoms with Gasteiger partial charge in [0.25, 0.3) is 0 Å². The molecule has 0 unspecified atom stereocenters. The van der Waals surface area contributed by atoms with Crippen LogP contribution in [0.3, 0.4) is 0 Å². The van der Waals surface area contributed by atoms with Crippen molar-refractivity contribution in [1.82, 2.24) is 0 Å². The van der Waals surface area contributed by atoms with Gasteiger partial charge in [-0.05, 0) is 40.8 Å². The van der Waals surface area contributed by atoms with Gasteiger partial charge in [-0.3, -0.25) is 5.84 Å². The second kappa shape index (κ2) is 4.43. The molecule has 5 heteroatoms. The number of nitrogens with one attached hydrogen (secondary N) is 1. The van der Waals surface area contributed by atoms with Crippen LogP contribution >= 0.6 is 22.6 Å². The first kappa shape index (κ1) is 10.3. The van der Waals surface area contributed by atoms with E-state index in [9.17, 15) is 4.79 Å². The number of halogens is 1. The minimum atomic E-state index is -0.397. The van der Waals surface area contributed by atoms with Crippen molar-refractivity contribution in [3.8, 4) is 0 Å². The number of hydrogen-bond donors (Lipinski definition) is 2. The molecule has 13 heavy (non-hydrogen) atoms. The number of anilines is 1. The molecule has 0 atom stereocenters. The highest BCUT2D eigenvalue weighted by atomic mass is 127. The van der Waals surface area contributed by atoms with Crippen LogP contribution in [0.1, 0.15) is 10.4 Å². The lowest BCUT2D eigenvalue weighted by Gasteiger charge is -2.06. The predicted octanol–water partition coefficient (Wildman–Crippen LogP) is 1.36. The van der Waals surface area contributed by atoms with Crippen LogP contribution in [0.15, 0.2) is 18.2 Å². The number of esters is 1. The van der Waals surface area contributed by atoms with E-state index in [2.05, 4.69) is 32.8 Å². The summed E-state index contributed by atoms with van der Waals surface area (Å²) in [7, 11) is 1.34. The van der Waals surface area contributed by atoms with Crippen LogP contribution < -0.4 is 11.3 Å². The van der Waals surface area contributed by atoms with Crippen LogP contribution in [0, 0.1) is 3.57 Å². The average molecular weight is 292 g/mol. The third-order valence-corrected chi connectivity index (χ3v) is 2.21. The fourth-order valence-corrected chi connectivity index (χ4v) is 1.41. The highest BCUT2D eigenvalue weighted by molar-refractivity contribution is 14.1. The van der Waals surface area contributed by atoms with Crippen molar-refractivity contribution in [2.75, 3.05) is 12.5 Å². The second-order valence-electron chi connectivity index (χ2n) is 2.33. The summed E-state index contributed by atoms with van der Waals surface area (Å²) in [4.78, 5) is 11.2. The third-order valence-electron chi connectivity index (χ3n) is 1.54. The van der Waals surface area contributed by atoms with Gasteiger partial charge in [0.05, 0.1) is 18.4 Å². The normalized spacial score (nSPS) is 9.46. The Hall–Kier alpha value is -0.820. The SMILES string of the molecule is COC(=O)c1cc(I)ccc1NN. The van der Waals surface area contributed by atoms with E-state index in [0.717, 1.165) is 3.57 Å². The number of rotatable bonds is 2. The number of hydrazine groups is 1. The van der Waals surface area contributed by atoms with E-state index < -0.39 is 5.97 Å². The molecular formula is C8H9IN2O2. The zero-order valence-electron chi connectivity index (χ0n) is 7.00. The molecule has 0 heterocycles. The number of carbonyl (C=O) groups is 1. The molecule has 1 aromatic carbocycles. The number of methoxy groups -OCH3 is 1. The van der Waals surface area contributed by atoms with E-state index in [1.54, 1.807) is 12.1 Å². The Kier molecular flexibility index (Phi) is 3.49. The van der Waals surface area contributed by atoms with E-state index in [1.807, 2.05) is 6.07 Å². The Morgan fingerprint density at radius 2 is 2.31 bits per heavy atom. The lowest BCUT2D eigenvalue weighted by Crippen LogP contribution is -2.13. The monoisotopic (exact) mass is 292 g/mol. The largest absolute Gasteiger partial charge is 0.465 e. The summed E-state index contributed by atoms with van der Waals surface area (Å²) in [6.45, 7) is 0. The third kappa shape index (κ3) is 2.31. The molecule has 0 amide bonds. The fraction of sp³-hybridized carbons (Fsp3) is 0.125. The number of nitrogen functional groups attached to an aromatic ring is 1. The Bertz CT molecular complexity index is 328. The van der Waals surface area contributed by atoms with Crippen molar-refractivity contribution in [2.24, 2.45) is 5.84 Å². The highest BCUT2D eigenvalue weighted by Gasteiger charge is 2.10. The molecule has 4 nitrogen and oxygen atoms in total. The zero-order chi connectivity index (χ0) is 9.84. The molecular weight excluding hydrogens is 283 g/mol. The van der Waals surface area contributed by atoms with E-state index in [0.29, 0.717) is 11.3 Å². The number of ether oxygens (including phenoxy) is 1. The maximum Gasteiger partial charge on any atom is 0.340 e. The van der Waals surface area contributed by atoms with E-state index in [4.69, 9.17) is 5.84 Å². The second-order valence-corrected chi connectivity index (χ2v) is 3.57. The van der Waals surface area contributed by atoms with Crippen LogP contribution in [0.4, 0.5) is 5.69 Å². The molecule has 0 aliphatic heterocycles. The van der Waals surface area contributed by atoms with Gasteiger partial charge in [-0.1, -0.05) is 0 Å². The van der Waals surface area contributed by atoms with E-state index >= 15 is 0 Å². The molecule has 1 aromatic rings. The molecule has 0 fully saturated rings. The first-order chi connectivity index (χ1) is 6.19. The molecule has 0 aromatic heterocycles. The Morgan fingerprint density at radius 3 is 2.85 bits per heavy atom. The summed E-state index contributed by atoms with van der Waals surface area (Å²) in [5.41, 5.74) is 3.44. The first-order valence-corrected chi connectivity index (χ1v) is 4.61. The van der Waals surface area contributed by atoms with Gasteiger partial charge in [-0.2, -0.15) is 0 Å². The first-order valence-electron chi connectivity index (χ1n) is 3.53. The number of nitrogens with two attached hydrogens (primary N) is 1. The van der Waals surface area contributed by atoms with Gasteiger partial charge < -0.3 is 10.2 Å². The topological polar surface area (TPSA) is 64.3 Å². The lowest BCUT2D eigenvalue weighted by molar-refractivity contribution is 0.0601. The average Bonchev–Trinajstić information content (AvgIpc) is 2.16. The van der Waals surface area contributed by atoms with Gasteiger partial charge in [0.1, 0.15) is 0 Å². The van der Waals surface area contributed by atoms with Crippen LogP contribution in [0.5, 0.6) is 0 Å². The van der Waals surface area contributed by atoms with E-state index in [-0.39, 0.29) is 0 Å². The molecule has 0 spiro atoms. The van der Waals surface area contributed by atoms with Crippen LogP contribution in [-0.4, -0.2) is 13.1 Å². The van der Waals surface area contributed by atoms with Crippen molar-refractivity contribution in [3.05, 3.63) is 27.3 Å². The van der Waals surface area contributed by atoms with Gasteiger partial charge in [0, 0.05) is 3.57 Å². The van der Waals surface area contributed by atoms with Gasteiger partial charge >= 0.3 is 5.97 Å². The van der Waals surface area contributed by atoms with Gasteiger partial charge in [0.2, 0.25) is 0 Å². The summed E-state index contributed by atoms with van der Waals surface area (Å²) >= 11 is 2.11.